The fourth-order valence-electron chi connectivity index (χ4n) is 2.58. The third kappa shape index (κ3) is 5.22. The van der Waals surface area contributed by atoms with Gasteiger partial charge in [0.25, 0.3) is 0 Å². The van der Waals surface area contributed by atoms with Crippen LogP contribution in [0.25, 0.3) is 0 Å². The number of aromatic nitrogens is 4. The molecule has 0 aliphatic rings. The summed E-state index contributed by atoms with van der Waals surface area (Å²) in [5.41, 5.74) is 3.87. The van der Waals surface area contributed by atoms with E-state index in [4.69, 9.17) is 35.4 Å². The zero-order valence-electron chi connectivity index (χ0n) is 15.0. The van der Waals surface area contributed by atoms with Crippen molar-refractivity contribution in [2.75, 3.05) is 5.32 Å². The van der Waals surface area contributed by atoms with Crippen molar-refractivity contribution in [2.24, 2.45) is 0 Å². The lowest BCUT2D eigenvalue weighted by Crippen LogP contribution is -2.27. The molecule has 0 atom stereocenters. The van der Waals surface area contributed by atoms with E-state index in [1.54, 1.807) is 16.9 Å². The van der Waals surface area contributed by atoms with Crippen molar-refractivity contribution in [3.8, 4) is 0 Å². The molecule has 2 aromatic heterocycles. The van der Waals surface area contributed by atoms with Crippen molar-refractivity contribution in [2.45, 2.75) is 33.5 Å². The minimum Gasteiger partial charge on any atom is -0.358 e. The van der Waals surface area contributed by atoms with E-state index in [2.05, 4.69) is 27.8 Å². The van der Waals surface area contributed by atoms with Crippen molar-refractivity contribution < 1.29 is 0 Å². The molecule has 9 heteroatoms. The van der Waals surface area contributed by atoms with Crippen LogP contribution in [-0.4, -0.2) is 24.7 Å². The molecule has 27 heavy (non-hydrogen) atoms. The summed E-state index contributed by atoms with van der Waals surface area (Å²) in [5.74, 6) is 0. The van der Waals surface area contributed by atoms with Gasteiger partial charge in [-0.15, -0.1) is 0 Å². The number of halogens is 2. The maximum absolute atomic E-state index is 6.22. The molecule has 0 fully saturated rings. The Morgan fingerprint density at radius 3 is 2.70 bits per heavy atom. The first-order valence-electron chi connectivity index (χ1n) is 8.48. The van der Waals surface area contributed by atoms with Crippen LogP contribution in [0, 0.1) is 6.92 Å². The van der Waals surface area contributed by atoms with E-state index in [0.717, 1.165) is 29.1 Å². The number of anilines is 1. The molecule has 3 aromatic rings. The summed E-state index contributed by atoms with van der Waals surface area (Å²) in [5, 5.41) is 16.9. The van der Waals surface area contributed by atoms with Crippen LogP contribution in [-0.2, 0) is 19.6 Å². The summed E-state index contributed by atoms with van der Waals surface area (Å²) in [6, 6.07) is 5.43. The molecule has 0 aliphatic heterocycles. The number of nitrogens with one attached hydrogen (secondary N) is 2. The molecule has 0 unspecified atom stereocenters. The summed E-state index contributed by atoms with van der Waals surface area (Å²) < 4.78 is 3.70. The molecule has 0 radical (unpaired) electrons. The second kappa shape index (κ2) is 8.73. The summed E-state index contributed by atoms with van der Waals surface area (Å²) in [6.07, 6.45) is 5.62. The largest absolute Gasteiger partial charge is 0.358 e. The SMILES string of the molecule is CCn1cc(CNC(=S)Nc2cnn(Cc3ccc(Cl)cc3Cl)c2)c(C)n1. The quantitative estimate of drug-likeness (QED) is 0.581. The molecule has 142 valence electrons. The standard InChI is InChI=1S/C18H20Cl2N6S/c1-3-25-10-14(12(2)24-25)7-21-18(27)23-16-8-22-26(11-16)9-13-4-5-15(19)6-17(13)20/h4-6,8,10-11H,3,7,9H2,1-2H3,(H2,21,23,27). The van der Waals surface area contributed by atoms with Crippen LogP contribution >= 0.6 is 35.4 Å². The van der Waals surface area contributed by atoms with Crippen molar-refractivity contribution in [3.63, 3.8) is 0 Å². The highest BCUT2D eigenvalue weighted by Crippen LogP contribution is 2.22. The Labute approximate surface area is 173 Å². The molecule has 3 rings (SSSR count). The number of thiocarbonyl (C=S) groups is 1. The van der Waals surface area contributed by atoms with Gasteiger partial charge >= 0.3 is 0 Å². The zero-order chi connectivity index (χ0) is 19.4. The van der Waals surface area contributed by atoms with Crippen molar-refractivity contribution in [1.82, 2.24) is 24.9 Å². The van der Waals surface area contributed by atoms with Gasteiger partial charge in [0, 0.05) is 41.1 Å². The number of nitrogens with zero attached hydrogens (tertiary/aromatic N) is 4. The highest BCUT2D eigenvalue weighted by atomic mass is 35.5. The Hall–Kier alpha value is -2.09. The van der Waals surface area contributed by atoms with Crippen molar-refractivity contribution >= 4 is 46.2 Å². The Morgan fingerprint density at radius 1 is 1.19 bits per heavy atom. The van der Waals surface area contributed by atoms with Crippen LogP contribution in [0.1, 0.15) is 23.7 Å². The van der Waals surface area contributed by atoms with Gasteiger partial charge in [0.15, 0.2) is 5.11 Å². The molecular weight excluding hydrogens is 403 g/mol. The maximum atomic E-state index is 6.22. The molecule has 6 nitrogen and oxygen atoms in total. The second-order valence-corrected chi connectivity index (χ2v) is 7.32. The van der Waals surface area contributed by atoms with E-state index in [-0.39, 0.29) is 0 Å². The van der Waals surface area contributed by atoms with E-state index >= 15 is 0 Å². The predicted molar refractivity (Wildman–Crippen MR) is 113 cm³/mol. The number of hydrogen-bond donors (Lipinski definition) is 2. The molecule has 0 bridgehead atoms. The van der Waals surface area contributed by atoms with Crippen LogP contribution < -0.4 is 10.6 Å². The first kappa shape index (κ1) is 19.7. The van der Waals surface area contributed by atoms with Gasteiger partial charge in [-0.25, -0.2) is 0 Å². The summed E-state index contributed by atoms with van der Waals surface area (Å²) in [4.78, 5) is 0. The summed E-state index contributed by atoms with van der Waals surface area (Å²) >= 11 is 17.5. The maximum Gasteiger partial charge on any atom is 0.171 e. The molecule has 0 saturated carbocycles. The predicted octanol–water partition coefficient (Wildman–Crippen LogP) is 4.25. The molecular formula is C18H20Cl2N6S. The van der Waals surface area contributed by atoms with Gasteiger partial charge in [0.05, 0.1) is 24.1 Å². The van der Waals surface area contributed by atoms with E-state index in [9.17, 15) is 0 Å². The first-order valence-corrected chi connectivity index (χ1v) is 9.65. The fraction of sp³-hybridized carbons (Fsp3) is 0.278. The molecule has 0 saturated heterocycles. The Balaban J connectivity index is 1.55. The third-order valence-corrected chi connectivity index (χ3v) is 4.88. The average Bonchev–Trinajstić information content (AvgIpc) is 3.21. The van der Waals surface area contributed by atoms with Crippen LogP contribution in [0.3, 0.4) is 0 Å². The normalized spacial score (nSPS) is 10.8. The van der Waals surface area contributed by atoms with Gasteiger partial charge in [-0.05, 0) is 43.8 Å². The lowest BCUT2D eigenvalue weighted by molar-refractivity contribution is 0.653. The van der Waals surface area contributed by atoms with Gasteiger partial charge in [-0.2, -0.15) is 10.2 Å². The monoisotopic (exact) mass is 422 g/mol. The molecule has 1 aromatic carbocycles. The van der Waals surface area contributed by atoms with Crippen LogP contribution in [0.2, 0.25) is 10.0 Å². The number of aryl methyl sites for hydroxylation is 2. The number of rotatable bonds is 6. The van der Waals surface area contributed by atoms with Crippen LogP contribution in [0.5, 0.6) is 0 Å². The highest BCUT2D eigenvalue weighted by molar-refractivity contribution is 7.80. The second-order valence-electron chi connectivity index (χ2n) is 6.07. The van der Waals surface area contributed by atoms with Gasteiger partial charge in [0.2, 0.25) is 0 Å². The lowest BCUT2D eigenvalue weighted by atomic mass is 10.2. The smallest absolute Gasteiger partial charge is 0.171 e. The van der Waals surface area contributed by atoms with E-state index in [1.165, 1.54) is 0 Å². The van der Waals surface area contributed by atoms with Gasteiger partial charge < -0.3 is 10.6 Å². The Bertz CT molecular complexity index is 949. The van der Waals surface area contributed by atoms with Gasteiger partial charge in [-0.3, -0.25) is 9.36 Å². The zero-order valence-corrected chi connectivity index (χ0v) is 17.4. The first-order chi connectivity index (χ1) is 12.9. The minimum absolute atomic E-state index is 0.530. The number of hydrogen-bond acceptors (Lipinski definition) is 3. The fourth-order valence-corrected chi connectivity index (χ4v) is 3.24. The Kier molecular flexibility index (Phi) is 6.36. The molecule has 0 amide bonds. The highest BCUT2D eigenvalue weighted by Gasteiger charge is 2.07. The van der Waals surface area contributed by atoms with Gasteiger partial charge in [0.1, 0.15) is 0 Å². The molecule has 0 aliphatic carbocycles. The summed E-state index contributed by atoms with van der Waals surface area (Å²) in [7, 11) is 0. The lowest BCUT2D eigenvalue weighted by Gasteiger charge is -2.08. The Morgan fingerprint density at radius 2 is 2.00 bits per heavy atom. The third-order valence-electron chi connectivity index (χ3n) is 4.05. The van der Waals surface area contributed by atoms with Crippen molar-refractivity contribution in [3.05, 3.63) is 63.7 Å². The van der Waals surface area contributed by atoms with Gasteiger partial charge in [-0.1, -0.05) is 29.3 Å². The number of benzene rings is 1. The van der Waals surface area contributed by atoms with E-state index in [0.29, 0.717) is 28.2 Å². The summed E-state index contributed by atoms with van der Waals surface area (Å²) in [6.45, 7) is 6.07. The van der Waals surface area contributed by atoms with Crippen molar-refractivity contribution in [1.29, 1.82) is 0 Å². The topological polar surface area (TPSA) is 59.7 Å². The van der Waals surface area contributed by atoms with E-state index in [1.807, 2.05) is 36.1 Å². The molecule has 2 N–H and O–H groups in total. The van der Waals surface area contributed by atoms with Crippen LogP contribution in [0.15, 0.2) is 36.8 Å². The van der Waals surface area contributed by atoms with Crippen LogP contribution in [0.4, 0.5) is 5.69 Å². The molecule has 0 spiro atoms. The minimum atomic E-state index is 0.530. The van der Waals surface area contributed by atoms with E-state index < -0.39 is 0 Å². The molecule has 2 heterocycles. The average molecular weight is 423 g/mol.